The third kappa shape index (κ3) is 3.79. The summed E-state index contributed by atoms with van der Waals surface area (Å²) >= 11 is 15.2. The summed E-state index contributed by atoms with van der Waals surface area (Å²) in [5.41, 5.74) is 1.23. The number of nitrogens with zero attached hydrogens (tertiary/aromatic N) is 2. The molecule has 1 atom stereocenters. The molecule has 1 N–H and O–H groups in total. The minimum Gasteiger partial charge on any atom is -0.356 e. The average molecular weight is 346 g/mol. The van der Waals surface area contributed by atoms with Crippen LogP contribution in [0.1, 0.15) is 12.0 Å². The maximum absolute atomic E-state index is 6.00. The highest BCUT2D eigenvalue weighted by molar-refractivity contribution is 8.01. The summed E-state index contributed by atoms with van der Waals surface area (Å²) in [6.07, 6.45) is 0.876. The van der Waals surface area contributed by atoms with E-state index in [0.717, 1.165) is 28.2 Å². The van der Waals surface area contributed by atoms with Crippen LogP contribution in [0.5, 0.6) is 0 Å². The largest absolute Gasteiger partial charge is 0.356 e. The van der Waals surface area contributed by atoms with E-state index >= 15 is 0 Å². The van der Waals surface area contributed by atoms with Crippen molar-refractivity contribution < 1.29 is 0 Å². The Kier molecular flexibility index (Phi) is 4.40. The fourth-order valence-corrected chi connectivity index (χ4v) is 4.44. The van der Waals surface area contributed by atoms with Crippen LogP contribution in [0, 0.1) is 5.92 Å². The zero-order valence-corrected chi connectivity index (χ0v) is 13.7. The molecule has 0 radical (unpaired) electrons. The second-order valence-corrected chi connectivity index (χ2v) is 8.47. The maximum Gasteiger partial charge on any atom is 0.206 e. The van der Waals surface area contributed by atoms with Gasteiger partial charge in [0.05, 0.1) is 0 Å². The zero-order chi connectivity index (χ0) is 14.0. The topological polar surface area (TPSA) is 37.8 Å². The zero-order valence-electron chi connectivity index (χ0n) is 10.6. The summed E-state index contributed by atoms with van der Waals surface area (Å²) in [6.45, 7) is 0.759. The smallest absolute Gasteiger partial charge is 0.206 e. The molecule has 1 aromatic heterocycles. The van der Waals surface area contributed by atoms with Gasteiger partial charge in [0.25, 0.3) is 0 Å². The summed E-state index contributed by atoms with van der Waals surface area (Å²) in [5, 5.41) is 12.4. The van der Waals surface area contributed by atoms with Crippen LogP contribution in [-0.4, -0.2) is 20.3 Å². The van der Waals surface area contributed by atoms with Gasteiger partial charge in [-0.3, -0.25) is 0 Å². The molecule has 0 amide bonds. The molecule has 1 aromatic carbocycles. The van der Waals surface area contributed by atoms with E-state index in [-0.39, 0.29) is 0 Å². The lowest BCUT2D eigenvalue weighted by Crippen LogP contribution is -1.98. The van der Waals surface area contributed by atoms with Gasteiger partial charge in [0.2, 0.25) is 5.13 Å². The van der Waals surface area contributed by atoms with E-state index in [0.29, 0.717) is 5.92 Å². The summed E-state index contributed by atoms with van der Waals surface area (Å²) in [5.74, 6) is 1.28. The van der Waals surface area contributed by atoms with Crippen molar-refractivity contribution in [2.75, 3.05) is 11.1 Å². The van der Waals surface area contributed by atoms with Crippen LogP contribution in [0.2, 0.25) is 0 Å². The summed E-state index contributed by atoms with van der Waals surface area (Å²) < 4.78 is 0.447. The van der Waals surface area contributed by atoms with Gasteiger partial charge in [-0.2, -0.15) is 0 Å². The monoisotopic (exact) mass is 345 g/mol. The van der Waals surface area contributed by atoms with Gasteiger partial charge in [-0.05, 0) is 12.0 Å². The predicted molar refractivity (Wildman–Crippen MR) is 86.9 cm³/mol. The minimum absolute atomic E-state index is 0.375. The van der Waals surface area contributed by atoms with E-state index in [4.69, 9.17) is 23.2 Å². The molecule has 1 fully saturated rings. The quantitative estimate of drug-likeness (QED) is 0.620. The lowest BCUT2D eigenvalue weighted by Gasteiger charge is -2.01. The molecular weight excluding hydrogens is 333 g/mol. The van der Waals surface area contributed by atoms with E-state index in [1.165, 1.54) is 5.56 Å². The molecule has 0 bridgehead atoms. The van der Waals surface area contributed by atoms with Crippen molar-refractivity contribution >= 4 is 51.4 Å². The fourth-order valence-electron chi connectivity index (χ4n) is 1.74. The van der Waals surface area contributed by atoms with E-state index in [1.54, 1.807) is 23.1 Å². The van der Waals surface area contributed by atoms with E-state index in [1.807, 2.05) is 18.2 Å². The Morgan fingerprint density at radius 3 is 2.75 bits per heavy atom. The molecule has 0 saturated heterocycles. The number of anilines is 1. The normalized spacial score (nSPS) is 19.8. The van der Waals surface area contributed by atoms with Gasteiger partial charge in [-0.1, -0.05) is 53.4 Å². The average Bonchev–Trinajstić information content (AvgIpc) is 2.87. The number of nitrogens with one attached hydrogen (secondary N) is 1. The number of halogens is 2. The number of hydrogen-bond acceptors (Lipinski definition) is 5. The second-order valence-electron chi connectivity index (χ2n) is 4.69. The first kappa shape index (κ1) is 14.4. The highest BCUT2D eigenvalue weighted by atomic mass is 35.5. The highest BCUT2D eigenvalue weighted by Gasteiger charge is 2.51. The van der Waals surface area contributed by atoms with Crippen molar-refractivity contribution in [1.82, 2.24) is 10.2 Å². The lowest BCUT2D eigenvalue weighted by atomic mass is 10.2. The van der Waals surface area contributed by atoms with Crippen molar-refractivity contribution in [2.24, 2.45) is 5.92 Å². The molecule has 0 spiro atoms. The Bertz CT molecular complexity index is 574. The van der Waals surface area contributed by atoms with Crippen LogP contribution in [0.4, 0.5) is 5.13 Å². The Balaban J connectivity index is 1.47. The third-order valence-corrected chi connectivity index (χ3v) is 6.16. The number of benzene rings is 1. The lowest BCUT2D eigenvalue weighted by molar-refractivity contribution is 0.964. The van der Waals surface area contributed by atoms with Crippen molar-refractivity contribution in [3.8, 4) is 0 Å². The minimum atomic E-state index is -0.508. The first-order valence-corrected chi connectivity index (χ1v) is 8.81. The Hall–Kier alpha value is -0.490. The van der Waals surface area contributed by atoms with Crippen LogP contribution in [0.3, 0.4) is 0 Å². The Morgan fingerprint density at radius 2 is 2.05 bits per heavy atom. The molecule has 0 aliphatic heterocycles. The van der Waals surface area contributed by atoms with Crippen LogP contribution >= 0.6 is 46.3 Å². The molecule has 1 aliphatic rings. The van der Waals surface area contributed by atoms with Gasteiger partial charge >= 0.3 is 0 Å². The van der Waals surface area contributed by atoms with Gasteiger partial charge in [0, 0.05) is 18.2 Å². The van der Waals surface area contributed by atoms with Crippen molar-refractivity contribution in [3.63, 3.8) is 0 Å². The molecule has 20 heavy (non-hydrogen) atoms. The van der Waals surface area contributed by atoms with Gasteiger partial charge in [0.15, 0.2) is 4.34 Å². The van der Waals surface area contributed by atoms with E-state index < -0.39 is 4.33 Å². The van der Waals surface area contributed by atoms with Crippen LogP contribution in [-0.2, 0) is 6.54 Å². The van der Waals surface area contributed by atoms with Crippen LogP contribution in [0.15, 0.2) is 34.7 Å². The standard InChI is InChI=1S/C13H13Cl2N3S2/c14-13(15)6-10(13)8-19-12-18-17-11(20-12)16-7-9-4-2-1-3-5-9/h1-5,10H,6-8H2,(H,16,17)/t10-/m1/s1. The van der Waals surface area contributed by atoms with Crippen LogP contribution < -0.4 is 5.32 Å². The molecule has 0 unspecified atom stereocenters. The molecular formula is C13H13Cl2N3S2. The molecule has 3 nitrogen and oxygen atoms in total. The molecule has 3 rings (SSSR count). The predicted octanol–water partition coefficient (Wildman–Crippen LogP) is 4.44. The van der Waals surface area contributed by atoms with Gasteiger partial charge < -0.3 is 5.32 Å². The van der Waals surface area contributed by atoms with Crippen molar-refractivity contribution in [3.05, 3.63) is 35.9 Å². The number of hydrogen-bond donors (Lipinski definition) is 1. The number of alkyl halides is 2. The second kappa shape index (κ2) is 6.10. The molecule has 1 saturated carbocycles. The molecule has 2 aromatic rings. The molecule has 1 aliphatic carbocycles. The number of thioether (sulfide) groups is 1. The number of rotatable bonds is 6. The molecule has 1 heterocycles. The van der Waals surface area contributed by atoms with Crippen LogP contribution in [0.25, 0.3) is 0 Å². The van der Waals surface area contributed by atoms with Gasteiger partial charge in [-0.25, -0.2) is 0 Å². The highest BCUT2D eigenvalue weighted by Crippen LogP contribution is 2.54. The third-order valence-electron chi connectivity index (χ3n) is 3.06. The summed E-state index contributed by atoms with van der Waals surface area (Å²) in [7, 11) is 0. The van der Waals surface area contributed by atoms with Crippen molar-refractivity contribution in [1.29, 1.82) is 0 Å². The molecule has 7 heteroatoms. The fraction of sp³-hybridized carbons (Fsp3) is 0.385. The first-order valence-electron chi connectivity index (χ1n) is 6.25. The summed E-state index contributed by atoms with van der Waals surface area (Å²) in [4.78, 5) is 0. The Labute approximate surface area is 136 Å². The maximum atomic E-state index is 6.00. The summed E-state index contributed by atoms with van der Waals surface area (Å²) in [6, 6.07) is 10.2. The van der Waals surface area contributed by atoms with Crippen molar-refractivity contribution in [2.45, 2.75) is 21.6 Å². The SMILES string of the molecule is ClC1(Cl)C[C@@H]1CSc1nnc(NCc2ccccc2)s1. The first-order chi connectivity index (χ1) is 9.63. The Morgan fingerprint density at radius 1 is 1.30 bits per heavy atom. The van der Waals surface area contributed by atoms with E-state index in [9.17, 15) is 0 Å². The van der Waals surface area contributed by atoms with E-state index in [2.05, 4.69) is 27.6 Å². The number of aromatic nitrogens is 2. The van der Waals surface area contributed by atoms with Gasteiger partial charge in [-0.15, -0.1) is 33.4 Å². The molecule has 106 valence electrons. The van der Waals surface area contributed by atoms with Gasteiger partial charge in [0.1, 0.15) is 4.33 Å².